The molecule has 1 aromatic heterocycles. The van der Waals surface area contributed by atoms with E-state index in [2.05, 4.69) is 21.8 Å². The fraction of sp³-hybridized carbons (Fsp3) is 0.429. The number of nitro groups is 1. The first kappa shape index (κ1) is 14.5. The second-order valence-electron chi connectivity index (χ2n) is 5.25. The number of methoxy groups -OCH3 is 2. The van der Waals surface area contributed by atoms with Gasteiger partial charge in [0, 0.05) is 36.8 Å². The first-order valence-corrected chi connectivity index (χ1v) is 6.84. The van der Waals surface area contributed by atoms with Crippen LogP contribution in [-0.4, -0.2) is 46.6 Å². The largest absolute Gasteiger partial charge is 0.477 e. The molecule has 8 heteroatoms. The van der Waals surface area contributed by atoms with Gasteiger partial charge in [-0.05, 0) is 6.92 Å². The third-order valence-electron chi connectivity index (χ3n) is 3.73. The van der Waals surface area contributed by atoms with Gasteiger partial charge in [-0.3, -0.25) is 15.0 Å². The number of fused-ring (bicyclic) bond motifs is 1. The van der Waals surface area contributed by atoms with Gasteiger partial charge in [-0.25, -0.2) is 9.97 Å². The van der Waals surface area contributed by atoms with Gasteiger partial charge in [0.05, 0.1) is 24.7 Å². The molecule has 8 nitrogen and oxygen atoms in total. The van der Waals surface area contributed by atoms with Crippen molar-refractivity contribution in [2.75, 3.05) is 20.8 Å². The Morgan fingerprint density at radius 2 is 1.95 bits per heavy atom. The van der Waals surface area contributed by atoms with Crippen molar-refractivity contribution in [1.29, 1.82) is 0 Å². The van der Waals surface area contributed by atoms with Gasteiger partial charge in [-0.15, -0.1) is 0 Å². The van der Waals surface area contributed by atoms with Crippen molar-refractivity contribution >= 4 is 16.7 Å². The predicted molar refractivity (Wildman–Crippen MR) is 79.2 cm³/mol. The van der Waals surface area contributed by atoms with Crippen molar-refractivity contribution in [3.63, 3.8) is 0 Å². The highest BCUT2D eigenvalue weighted by atomic mass is 16.6. The predicted octanol–water partition coefficient (Wildman–Crippen LogP) is 1.76. The van der Waals surface area contributed by atoms with Crippen molar-refractivity contribution < 1.29 is 14.4 Å². The van der Waals surface area contributed by atoms with Crippen LogP contribution in [0.2, 0.25) is 0 Å². The molecule has 1 aromatic carbocycles. The van der Waals surface area contributed by atoms with Gasteiger partial charge < -0.3 is 9.47 Å². The van der Waals surface area contributed by atoms with Gasteiger partial charge in [0.15, 0.2) is 0 Å². The zero-order valence-corrected chi connectivity index (χ0v) is 12.6. The second-order valence-corrected chi connectivity index (χ2v) is 5.25. The maximum atomic E-state index is 11.1. The summed E-state index contributed by atoms with van der Waals surface area (Å²) >= 11 is 0. The molecule has 2 aromatic rings. The molecule has 0 aliphatic carbocycles. The van der Waals surface area contributed by atoms with E-state index in [4.69, 9.17) is 9.47 Å². The number of rotatable bonds is 5. The van der Waals surface area contributed by atoms with Crippen molar-refractivity contribution in [2.45, 2.75) is 19.5 Å². The van der Waals surface area contributed by atoms with Crippen LogP contribution in [0.15, 0.2) is 12.1 Å². The molecule has 116 valence electrons. The van der Waals surface area contributed by atoms with Crippen LogP contribution in [0.4, 0.5) is 5.69 Å². The Bertz CT molecular complexity index is 749. The number of nitro benzene ring substituents is 1. The Labute approximate surface area is 126 Å². The van der Waals surface area contributed by atoms with E-state index in [1.165, 1.54) is 20.3 Å². The zero-order chi connectivity index (χ0) is 15.9. The van der Waals surface area contributed by atoms with E-state index in [-0.39, 0.29) is 17.4 Å². The van der Waals surface area contributed by atoms with E-state index in [9.17, 15) is 10.1 Å². The number of nitrogens with zero attached hydrogens (tertiary/aromatic N) is 4. The topological polar surface area (TPSA) is 90.4 Å². The lowest BCUT2D eigenvalue weighted by molar-refractivity contribution is -0.384. The molecule has 1 aliphatic heterocycles. The summed E-state index contributed by atoms with van der Waals surface area (Å²) in [6.07, 6.45) is 0. The molecule has 2 heterocycles. The molecule has 0 radical (unpaired) electrons. The van der Waals surface area contributed by atoms with E-state index in [1.54, 1.807) is 6.07 Å². The zero-order valence-electron chi connectivity index (χ0n) is 12.6. The molecule has 0 bridgehead atoms. The summed E-state index contributed by atoms with van der Waals surface area (Å²) in [5, 5.41) is 11.1. The summed E-state index contributed by atoms with van der Waals surface area (Å²) in [5.41, 5.74) is 1.79. The SMILES string of the molecule is COc1nc2cc([N+](=O)[O-])cc(CN3CC3C)c2nc1OC. The smallest absolute Gasteiger partial charge is 0.278 e. The van der Waals surface area contributed by atoms with Crippen molar-refractivity contribution in [2.24, 2.45) is 0 Å². The molecule has 0 spiro atoms. The van der Waals surface area contributed by atoms with Gasteiger partial charge >= 0.3 is 0 Å². The van der Waals surface area contributed by atoms with Crippen molar-refractivity contribution in [1.82, 2.24) is 14.9 Å². The minimum absolute atomic E-state index is 0.00137. The maximum Gasteiger partial charge on any atom is 0.278 e. The molecule has 1 saturated heterocycles. The number of ether oxygens (including phenoxy) is 2. The van der Waals surface area contributed by atoms with Crippen LogP contribution < -0.4 is 9.47 Å². The van der Waals surface area contributed by atoms with Crippen LogP contribution in [0, 0.1) is 10.1 Å². The highest BCUT2D eigenvalue weighted by Gasteiger charge is 2.30. The maximum absolute atomic E-state index is 11.1. The average Bonchev–Trinajstić information content (AvgIpc) is 3.20. The molecule has 0 N–H and O–H groups in total. The van der Waals surface area contributed by atoms with Gasteiger partial charge in [0.2, 0.25) is 0 Å². The number of hydrogen-bond acceptors (Lipinski definition) is 7. The van der Waals surface area contributed by atoms with Crippen molar-refractivity contribution in [3.8, 4) is 11.8 Å². The highest BCUT2D eigenvalue weighted by molar-refractivity contribution is 5.82. The first-order valence-electron chi connectivity index (χ1n) is 6.84. The summed E-state index contributed by atoms with van der Waals surface area (Å²) in [6.45, 7) is 3.68. The summed E-state index contributed by atoms with van der Waals surface area (Å²) in [4.78, 5) is 21.6. The first-order chi connectivity index (χ1) is 10.5. The van der Waals surface area contributed by atoms with Gasteiger partial charge in [-0.1, -0.05) is 0 Å². The fourth-order valence-electron chi connectivity index (χ4n) is 2.41. The highest BCUT2D eigenvalue weighted by Crippen LogP contribution is 2.32. The standard InChI is InChI=1S/C14H16N4O4/c1-8-6-17(8)7-9-4-10(18(19)20)5-11-12(9)16-14(22-3)13(15-11)21-2/h4-5,8H,6-7H2,1-3H3. The Morgan fingerprint density at radius 1 is 1.32 bits per heavy atom. The molecule has 3 rings (SSSR count). The van der Waals surface area contributed by atoms with E-state index < -0.39 is 4.92 Å². The van der Waals surface area contributed by atoms with Crippen LogP contribution in [0.5, 0.6) is 11.8 Å². The molecule has 1 fully saturated rings. The number of hydrogen-bond donors (Lipinski definition) is 0. The minimum atomic E-state index is -0.424. The van der Waals surface area contributed by atoms with Crippen molar-refractivity contribution in [3.05, 3.63) is 27.8 Å². The summed E-state index contributed by atoms with van der Waals surface area (Å²) in [6, 6.07) is 3.44. The molecule has 1 aliphatic rings. The van der Waals surface area contributed by atoms with E-state index >= 15 is 0 Å². The van der Waals surface area contributed by atoms with Crippen LogP contribution in [0.1, 0.15) is 12.5 Å². The second kappa shape index (κ2) is 5.38. The molecular weight excluding hydrogens is 288 g/mol. The number of non-ortho nitro benzene ring substituents is 1. The Kier molecular flexibility index (Phi) is 3.53. The average molecular weight is 304 g/mol. The molecule has 2 atom stereocenters. The third-order valence-corrected chi connectivity index (χ3v) is 3.73. The van der Waals surface area contributed by atoms with E-state index in [0.717, 1.165) is 12.1 Å². The van der Waals surface area contributed by atoms with Crippen LogP contribution in [0.3, 0.4) is 0 Å². The summed E-state index contributed by atoms with van der Waals surface area (Å²) in [7, 11) is 2.93. The fourth-order valence-corrected chi connectivity index (χ4v) is 2.41. The van der Waals surface area contributed by atoms with Crippen LogP contribution in [-0.2, 0) is 6.54 Å². The summed E-state index contributed by atoms with van der Waals surface area (Å²) in [5.74, 6) is 0.477. The lowest BCUT2D eigenvalue weighted by Crippen LogP contribution is -2.05. The normalized spacial score (nSPS) is 20.0. The van der Waals surface area contributed by atoms with Gasteiger partial charge in [0.1, 0.15) is 5.52 Å². The Balaban J connectivity index is 2.18. The molecule has 22 heavy (non-hydrogen) atoms. The molecule has 2 unspecified atom stereocenters. The van der Waals surface area contributed by atoms with Crippen LogP contribution >= 0.6 is 0 Å². The minimum Gasteiger partial charge on any atom is -0.477 e. The third kappa shape index (κ3) is 2.52. The van der Waals surface area contributed by atoms with Gasteiger partial charge in [-0.2, -0.15) is 0 Å². The Hall–Kier alpha value is -2.48. The molecular formula is C14H16N4O4. The van der Waals surface area contributed by atoms with E-state index in [0.29, 0.717) is 23.6 Å². The number of aromatic nitrogens is 2. The quantitative estimate of drug-likeness (QED) is 0.472. The van der Waals surface area contributed by atoms with Gasteiger partial charge in [0.25, 0.3) is 17.4 Å². The summed E-state index contributed by atoms with van der Waals surface area (Å²) < 4.78 is 10.3. The van der Waals surface area contributed by atoms with E-state index in [1.807, 2.05) is 0 Å². The number of benzene rings is 1. The molecule has 0 amide bonds. The lowest BCUT2D eigenvalue weighted by atomic mass is 10.1. The Morgan fingerprint density at radius 3 is 2.50 bits per heavy atom. The molecule has 0 saturated carbocycles. The monoisotopic (exact) mass is 304 g/mol. The van der Waals surface area contributed by atoms with Crippen LogP contribution in [0.25, 0.3) is 11.0 Å². The lowest BCUT2D eigenvalue weighted by Gasteiger charge is -2.10.